The minimum absolute atomic E-state index is 0.0411. The maximum absolute atomic E-state index is 10.5. The number of carbonyl (C=O) groups is 1. The SMILES string of the molecule is CC(C)CCCC(=O)CO. The van der Waals surface area contributed by atoms with Crippen LogP contribution in [-0.4, -0.2) is 17.5 Å². The Kier molecular flexibility index (Phi) is 5.22. The Bertz CT molecular complexity index is 97.4. The first-order chi connectivity index (χ1) is 4.66. The van der Waals surface area contributed by atoms with E-state index in [1.807, 2.05) is 0 Å². The molecule has 10 heavy (non-hydrogen) atoms. The molecule has 0 saturated heterocycles. The fourth-order valence-corrected chi connectivity index (χ4v) is 0.787. The van der Waals surface area contributed by atoms with Crippen LogP contribution >= 0.6 is 0 Å². The predicted molar refractivity (Wildman–Crippen MR) is 40.8 cm³/mol. The van der Waals surface area contributed by atoms with E-state index in [1.165, 1.54) is 0 Å². The van der Waals surface area contributed by atoms with Crippen LogP contribution in [0.2, 0.25) is 0 Å². The van der Waals surface area contributed by atoms with E-state index < -0.39 is 0 Å². The van der Waals surface area contributed by atoms with E-state index in [0.29, 0.717) is 12.3 Å². The van der Waals surface area contributed by atoms with E-state index in [0.717, 1.165) is 12.8 Å². The summed E-state index contributed by atoms with van der Waals surface area (Å²) in [6, 6.07) is 0. The van der Waals surface area contributed by atoms with Crippen molar-refractivity contribution in [3.8, 4) is 0 Å². The van der Waals surface area contributed by atoms with Crippen molar-refractivity contribution in [1.29, 1.82) is 0 Å². The topological polar surface area (TPSA) is 37.3 Å². The average Bonchev–Trinajstić information content (AvgIpc) is 1.87. The lowest BCUT2D eigenvalue weighted by atomic mass is 10.1. The number of Topliss-reactive ketones (excluding diaryl/α,β-unsaturated/α-hetero) is 1. The van der Waals surface area contributed by atoms with Crippen LogP contribution in [0.3, 0.4) is 0 Å². The lowest BCUT2D eigenvalue weighted by Crippen LogP contribution is -2.03. The molecule has 0 aromatic heterocycles. The van der Waals surface area contributed by atoms with Gasteiger partial charge < -0.3 is 5.11 Å². The Morgan fingerprint density at radius 2 is 2.10 bits per heavy atom. The average molecular weight is 144 g/mol. The van der Waals surface area contributed by atoms with Crippen molar-refractivity contribution < 1.29 is 9.90 Å². The molecule has 2 nitrogen and oxygen atoms in total. The maximum atomic E-state index is 10.5. The van der Waals surface area contributed by atoms with E-state index in [2.05, 4.69) is 13.8 Å². The summed E-state index contributed by atoms with van der Waals surface area (Å²) < 4.78 is 0. The summed E-state index contributed by atoms with van der Waals surface area (Å²) in [4.78, 5) is 10.5. The van der Waals surface area contributed by atoms with Crippen molar-refractivity contribution in [2.24, 2.45) is 5.92 Å². The first-order valence-corrected chi connectivity index (χ1v) is 3.79. The molecule has 0 aromatic carbocycles. The Morgan fingerprint density at radius 3 is 2.50 bits per heavy atom. The third-order valence-electron chi connectivity index (χ3n) is 1.41. The van der Waals surface area contributed by atoms with Gasteiger partial charge in [-0.1, -0.05) is 20.3 Å². The molecule has 0 radical (unpaired) electrons. The second kappa shape index (κ2) is 5.42. The Hall–Kier alpha value is -0.370. The molecular weight excluding hydrogens is 128 g/mol. The number of hydrogen-bond acceptors (Lipinski definition) is 2. The molecular formula is C8H16O2. The summed E-state index contributed by atoms with van der Waals surface area (Å²) in [5.74, 6) is 0.618. The molecule has 2 heteroatoms. The molecule has 0 aliphatic rings. The molecule has 0 aliphatic carbocycles. The maximum Gasteiger partial charge on any atom is 0.158 e. The smallest absolute Gasteiger partial charge is 0.158 e. The van der Waals surface area contributed by atoms with Crippen molar-refractivity contribution >= 4 is 5.78 Å². The van der Waals surface area contributed by atoms with Gasteiger partial charge in [0, 0.05) is 6.42 Å². The van der Waals surface area contributed by atoms with Gasteiger partial charge in [-0.15, -0.1) is 0 Å². The van der Waals surface area contributed by atoms with Crippen LogP contribution in [0.15, 0.2) is 0 Å². The molecule has 0 rings (SSSR count). The summed E-state index contributed by atoms with van der Waals surface area (Å²) in [5.41, 5.74) is 0. The Balaban J connectivity index is 3.12. The van der Waals surface area contributed by atoms with E-state index in [-0.39, 0.29) is 12.4 Å². The highest BCUT2D eigenvalue weighted by molar-refractivity contribution is 5.79. The van der Waals surface area contributed by atoms with Crippen LogP contribution < -0.4 is 0 Å². The number of rotatable bonds is 5. The Morgan fingerprint density at radius 1 is 1.50 bits per heavy atom. The highest BCUT2D eigenvalue weighted by atomic mass is 16.3. The van der Waals surface area contributed by atoms with Crippen molar-refractivity contribution in [1.82, 2.24) is 0 Å². The number of aliphatic hydroxyl groups is 1. The third-order valence-corrected chi connectivity index (χ3v) is 1.41. The molecule has 0 fully saturated rings. The second-order valence-corrected chi connectivity index (χ2v) is 2.98. The van der Waals surface area contributed by atoms with Crippen LogP contribution in [0.1, 0.15) is 33.1 Å². The molecule has 0 amide bonds. The highest BCUT2D eigenvalue weighted by Crippen LogP contribution is 2.05. The number of hydrogen-bond donors (Lipinski definition) is 1. The van der Waals surface area contributed by atoms with Crippen LogP contribution in [0.4, 0.5) is 0 Å². The fourth-order valence-electron chi connectivity index (χ4n) is 0.787. The summed E-state index contributed by atoms with van der Waals surface area (Å²) >= 11 is 0. The number of carbonyl (C=O) groups excluding carboxylic acids is 1. The highest BCUT2D eigenvalue weighted by Gasteiger charge is 1.99. The zero-order chi connectivity index (χ0) is 7.98. The Labute approximate surface area is 62.2 Å². The van der Waals surface area contributed by atoms with Gasteiger partial charge in [0.05, 0.1) is 0 Å². The number of ketones is 1. The van der Waals surface area contributed by atoms with E-state index >= 15 is 0 Å². The summed E-state index contributed by atoms with van der Waals surface area (Å²) in [6.45, 7) is 3.96. The molecule has 0 heterocycles. The standard InChI is InChI=1S/C8H16O2/c1-7(2)4-3-5-8(10)6-9/h7,9H,3-6H2,1-2H3. The third kappa shape index (κ3) is 5.76. The molecule has 60 valence electrons. The van der Waals surface area contributed by atoms with Crippen molar-refractivity contribution in [2.45, 2.75) is 33.1 Å². The first-order valence-electron chi connectivity index (χ1n) is 3.79. The monoisotopic (exact) mass is 144 g/mol. The summed E-state index contributed by atoms with van der Waals surface area (Å²) in [6.07, 6.45) is 2.53. The van der Waals surface area contributed by atoms with Crippen LogP contribution in [0.25, 0.3) is 0 Å². The van der Waals surface area contributed by atoms with Crippen LogP contribution in [0, 0.1) is 5.92 Å². The van der Waals surface area contributed by atoms with Gasteiger partial charge in [-0.3, -0.25) is 4.79 Å². The lowest BCUT2D eigenvalue weighted by Gasteiger charge is -2.01. The molecule has 0 bridgehead atoms. The van der Waals surface area contributed by atoms with Gasteiger partial charge in [-0.25, -0.2) is 0 Å². The minimum atomic E-state index is -0.294. The zero-order valence-corrected chi connectivity index (χ0v) is 6.76. The van der Waals surface area contributed by atoms with Crippen molar-refractivity contribution in [2.75, 3.05) is 6.61 Å². The zero-order valence-electron chi connectivity index (χ0n) is 6.76. The van der Waals surface area contributed by atoms with Gasteiger partial charge >= 0.3 is 0 Å². The molecule has 0 unspecified atom stereocenters. The summed E-state index contributed by atoms with van der Waals surface area (Å²) in [5, 5.41) is 8.35. The van der Waals surface area contributed by atoms with Crippen LogP contribution in [-0.2, 0) is 4.79 Å². The van der Waals surface area contributed by atoms with Crippen molar-refractivity contribution in [3.63, 3.8) is 0 Å². The van der Waals surface area contributed by atoms with Gasteiger partial charge in [-0.2, -0.15) is 0 Å². The van der Waals surface area contributed by atoms with Gasteiger partial charge in [0.25, 0.3) is 0 Å². The summed E-state index contributed by atoms with van der Waals surface area (Å²) in [7, 11) is 0. The van der Waals surface area contributed by atoms with Gasteiger partial charge in [0.15, 0.2) is 5.78 Å². The quantitative estimate of drug-likeness (QED) is 0.632. The van der Waals surface area contributed by atoms with Crippen LogP contribution in [0.5, 0.6) is 0 Å². The molecule has 0 aliphatic heterocycles. The second-order valence-electron chi connectivity index (χ2n) is 2.98. The molecule has 0 aromatic rings. The van der Waals surface area contributed by atoms with E-state index in [4.69, 9.17) is 5.11 Å². The molecule has 1 N–H and O–H groups in total. The van der Waals surface area contributed by atoms with E-state index in [9.17, 15) is 4.79 Å². The predicted octanol–water partition coefficient (Wildman–Crippen LogP) is 1.37. The van der Waals surface area contributed by atoms with E-state index in [1.54, 1.807) is 0 Å². The molecule has 0 saturated carbocycles. The minimum Gasteiger partial charge on any atom is -0.389 e. The fraction of sp³-hybridized carbons (Fsp3) is 0.875. The molecule has 0 atom stereocenters. The normalized spacial score (nSPS) is 10.4. The van der Waals surface area contributed by atoms with Gasteiger partial charge in [0.2, 0.25) is 0 Å². The number of aliphatic hydroxyl groups excluding tert-OH is 1. The largest absolute Gasteiger partial charge is 0.389 e. The van der Waals surface area contributed by atoms with Crippen molar-refractivity contribution in [3.05, 3.63) is 0 Å². The lowest BCUT2D eigenvalue weighted by molar-refractivity contribution is -0.121. The first kappa shape index (κ1) is 9.63. The van der Waals surface area contributed by atoms with Gasteiger partial charge in [-0.05, 0) is 12.3 Å². The van der Waals surface area contributed by atoms with Gasteiger partial charge in [0.1, 0.15) is 6.61 Å². The molecule has 0 spiro atoms.